The van der Waals surface area contributed by atoms with Crippen LogP contribution in [0.25, 0.3) is 16.9 Å². The summed E-state index contributed by atoms with van der Waals surface area (Å²) in [5, 5.41) is 7.77. The SMILES string of the molecule is CCN1CCc2ccc(NC(=O)c3cn(-c4ccccc4)nc3-c3cccnc3)cc21. The van der Waals surface area contributed by atoms with E-state index in [1.54, 1.807) is 23.3 Å². The van der Waals surface area contributed by atoms with Crippen LogP contribution in [0.1, 0.15) is 22.8 Å². The summed E-state index contributed by atoms with van der Waals surface area (Å²) in [6, 6.07) is 19.7. The lowest BCUT2D eigenvalue weighted by atomic mass is 10.1. The Hall–Kier alpha value is -3.93. The van der Waals surface area contributed by atoms with Crippen molar-refractivity contribution in [3.05, 3.63) is 90.4 Å². The summed E-state index contributed by atoms with van der Waals surface area (Å²) in [5.74, 6) is -0.193. The fraction of sp³-hybridized carbons (Fsp3) is 0.160. The number of pyridine rings is 1. The van der Waals surface area contributed by atoms with Crippen LogP contribution in [0.5, 0.6) is 0 Å². The Labute approximate surface area is 181 Å². The van der Waals surface area contributed by atoms with E-state index in [1.807, 2.05) is 48.5 Å². The first-order valence-corrected chi connectivity index (χ1v) is 10.5. The summed E-state index contributed by atoms with van der Waals surface area (Å²) in [4.78, 5) is 19.8. The maximum Gasteiger partial charge on any atom is 0.259 e. The zero-order valence-corrected chi connectivity index (χ0v) is 17.3. The third-order valence-electron chi connectivity index (χ3n) is 5.63. The van der Waals surface area contributed by atoms with Crippen molar-refractivity contribution in [3.63, 3.8) is 0 Å². The Bertz CT molecular complexity index is 1220. The van der Waals surface area contributed by atoms with Gasteiger partial charge in [-0.05, 0) is 55.3 Å². The number of benzene rings is 2. The molecule has 3 heterocycles. The molecular weight excluding hydrogens is 386 g/mol. The van der Waals surface area contributed by atoms with E-state index in [1.165, 1.54) is 11.3 Å². The van der Waals surface area contributed by atoms with E-state index < -0.39 is 0 Å². The number of hydrogen-bond donors (Lipinski definition) is 1. The zero-order chi connectivity index (χ0) is 21.2. The molecule has 154 valence electrons. The first kappa shape index (κ1) is 19.1. The second-order valence-electron chi connectivity index (χ2n) is 7.54. The van der Waals surface area contributed by atoms with Gasteiger partial charge < -0.3 is 10.2 Å². The fourth-order valence-electron chi connectivity index (χ4n) is 4.02. The standard InChI is InChI=1S/C25H23N5O/c1-2-29-14-12-18-10-11-20(15-23(18)29)27-25(31)22-17-30(21-8-4-3-5-9-21)28-24(22)19-7-6-13-26-16-19/h3-11,13,15-17H,2,12,14H2,1H3,(H,27,31). The first-order valence-electron chi connectivity index (χ1n) is 10.5. The molecule has 6 nitrogen and oxygen atoms in total. The number of anilines is 2. The molecule has 0 radical (unpaired) electrons. The van der Waals surface area contributed by atoms with E-state index >= 15 is 0 Å². The Morgan fingerprint density at radius 2 is 1.97 bits per heavy atom. The summed E-state index contributed by atoms with van der Waals surface area (Å²) in [6.07, 6.45) is 6.26. The number of aromatic nitrogens is 3. The van der Waals surface area contributed by atoms with Crippen LogP contribution in [-0.2, 0) is 6.42 Å². The number of likely N-dealkylation sites (N-methyl/N-ethyl adjacent to an activating group) is 1. The molecule has 0 saturated carbocycles. The molecule has 0 aliphatic carbocycles. The van der Waals surface area contributed by atoms with E-state index in [0.29, 0.717) is 11.3 Å². The minimum Gasteiger partial charge on any atom is -0.371 e. The van der Waals surface area contributed by atoms with Crippen molar-refractivity contribution in [2.24, 2.45) is 0 Å². The van der Waals surface area contributed by atoms with E-state index in [9.17, 15) is 4.79 Å². The minimum atomic E-state index is -0.193. The van der Waals surface area contributed by atoms with E-state index in [-0.39, 0.29) is 5.91 Å². The van der Waals surface area contributed by atoms with Crippen LogP contribution in [0, 0.1) is 0 Å². The minimum absolute atomic E-state index is 0.193. The molecule has 0 bridgehead atoms. The molecule has 2 aromatic carbocycles. The molecule has 0 fully saturated rings. The number of amides is 1. The summed E-state index contributed by atoms with van der Waals surface area (Å²) in [6.45, 7) is 4.14. The van der Waals surface area contributed by atoms with Crippen molar-refractivity contribution < 1.29 is 4.79 Å². The zero-order valence-electron chi connectivity index (χ0n) is 17.3. The lowest BCUT2D eigenvalue weighted by Crippen LogP contribution is -2.19. The first-order chi connectivity index (χ1) is 15.2. The van der Waals surface area contributed by atoms with Gasteiger partial charge >= 0.3 is 0 Å². The van der Waals surface area contributed by atoms with Crippen molar-refractivity contribution in [3.8, 4) is 16.9 Å². The number of nitrogens with one attached hydrogen (secondary N) is 1. The molecule has 2 aromatic heterocycles. The Morgan fingerprint density at radius 1 is 1.10 bits per heavy atom. The van der Waals surface area contributed by atoms with Crippen molar-refractivity contribution in [2.45, 2.75) is 13.3 Å². The van der Waals surface area contributed by atoms with Gasteiger partial charge in [0, 0.05) is 48.6 Å². The molecule has 0 saturated heterocycles. The molecule has 4 aromatic rings. The van der Waals surface area contributed by atoms with Gasteiger partial charge in [0.15, 0.2) is 0 Å². The van der Waals surface area contributed by atoms with Crippen LogP contribution in [0.2, 0.25) is 0 Å². The fourth-order valence-corrected chi connectivity index (χ4v) is 4.02. The van der Waals surface area contributed by atoms with E-state index in [4.69, 9.17) is 5.10 Å². The van der Waals surface area contributed by atoms with Crippen LogP contribution in [-0.4, -0.2) is 33.8 Å². The number of fused-ring (bicyclic) bond motifs is 1. The van der Waals surface area contributed by atoms with Gasteiger partial charge in [-0.3, -0.25) is 9.78 Å². The smallest absolute Gasteiger partial charge is 0.259 e. The van der Waals surface area contributed by atoms with Crippen molar-refractivity contribution >= 4 is 17.3 Å². The van der Waals surface area contributed by atoms with Gasteiger partial charge in [-0.15, -0.1) is 0 Å². The van der Waals surface area contributed by atoms with E-state index in [0.717, 1.165) is 36.4 Å². The number of carbonyl (C=O) groups excluding carboxylic acids is 1. The van der Waals surface area contributed by atoms with Gasteiger partial charge in [0.25, 0.3) is 5.91 Å². The predicted octanol–water partition coefficient (Wildman–Crippen LogP) is 4.57. The predicted molar refractivity (Wildman–Crippen MR) is 123 cm³/mol. The van der Waals surface area contributed by atoms with Crippen molar-refractivity contribution in [1.29, 1.82) is 0 Å². The molecule has 6 heteroatoms. The van der Waals surface area contributed by atoms with Gasteiger partial charge in [-0.2, -0.15) is 5.10 Å². The molecule has 0 spiro atoms. The molecule has 1 aliphatic heterocycles. The largest absolute Gasteiger partial charge is 0.371 e. The second kappa shape index (κ2) is 8.07. The van der Waals surface area contributed by atoms with Crippen molar-refractivity contribution in [1.82, 2.24) is 14.8 Å². The molecule has 31 heavy (non-hydrogen) atoms. The van der Waals surface area contributed by atoms with Gasteiger partial charge in [0.1, 0.15) is 5.69 Å². The highest BCUT2D eigenvalue weighted by Crippen LogP contribution is 2.31. The molecule has 1 amide bonds. The number of rotatable bonds is 5. The lowest BCUT2D eigenvalue weighted by Gasteiger charge is -2.17. The Morgan fingerprint density at radius 3 is 2.74 bits per heavy atom. The second-order valence-corrected chi connectivity index (χ2v) is 7.54. The summed E-state index contributed by atoms with van der Waals surface area (Å²) >= 11 is 0. The van der Waals surface area contributed by atoms with Crippen LogP contribution in [0.3, 0.4) is 0 Å². The number of para-hydroxylation sites is 1. The normalized spacial score (nSPS) is 12.6. The number of hydrogen-bond acceptors (Lipinski definition) is 4. The average molecular weight is 409 g/mol. The maximum absolute atomic E-state index is 13.3. The highest BCUT2D eigenvalue weighted by molar-refractivity contribution is 6.08. The molecule has 0 unspecified atom stereocenters. The molecule has 1 N–H and O–H groups in total. The summed E-state index contributed by atoms with van der Waals surface area (Å²) < 4.78 is 1.73. The average Bonchev–Trinajstić information content (AvgIpc) is 3.45. The third-order valence-corrected chi connectivity index (χ3v) is 5.63. The monoisotopic (exact) mass is 409 g/mol. The topological polar surface area (TPSA) is 63.1 Å². The van der Waals surface area contributed by atoms with Gasteiger partial charge in [-0.25, -0.2) is 4.68 Å². The Kier molecular flexibility index (Phi) is 4.96. The molecule has 0 atom stereocenters. The summed E-state index contributed by atoms with van der Waals surface area (Å²) in [5.41, 5.74) is 6.11. The highest BCUT2D eigenvalue weighted by Gasteiger charge is 2.21. The summed E-state index contributed by atoms with van der Waals surface area (Å²) in [7, 11) is 0. The van der Waals surface area contributed by atoms with Crippen LogP contribution >= 0.6 is 0 Å². The van der Waals surface area contributed by atoms with Gasteiger partial charge in [0.05, 0.1) is 11.3 Å². The third kappa shape index (κ3) is 3.68. The number of nitrogens with zero attached hydrogens (tertiary/aromatic N) is 4. The highest BCUT2D eigenvalue weighted by atomic mass is 16.1. The van der Waals surface area contributed by atoms with Crippen molar-refractivity contribution in [2.75, 3.05) is 23.3 Å². The lowest BCUT2D eigenvalue weighted by molar-refractivity contribution is 0.102. The molecular formula is C25H23N5O. The molecule has 5 rings (SSSR count). The van der Waals surface area contributed by atoms with E-state index in [2.05, 4.69) is 34.3 Å². The Balaban J connectivity index is 1.50. The van der Waals surface area contributed by atoms with Crippen LogP contribution in [0.4, 0.5) is 11.4 Å². The molecule has 1 aliphatic rings. The maximum atomic E-state index is 13.3. The van der Waals surface area contributed by atoms with Crippen LogP contribution in [0.15, 0.2) is 79.3 Å². The quantitative estimate of drug-likeness (QED) is 0.525. The van der Waals surface area contributed by atoms with Gasteiger partial charge in [-0.1, -0.05) is 24.3 Å². The van der Waals surface area contributed by atoms with Crippen LogP contribution < -0.4 is 10.2 Å². The van der Waals surface area contributed by atoms with Gasteiger partial charge in [0.2, 0.25) is 0 Å². The number of carbonyl (C=O) groups is 1.